The summed E-state index contributed by atoms with van der Waals surface area (Å²) in [5, 5.41) is 5.58. The van der Waals surface area contributed by atoms with E-state index in [-0.39, 0.29) is 28.8 Å². The summed E-state index contributed by atoms with van der Waals surface area (Å²) in [6.45, 7) is -0.670. The third kappa shape index (κ3) is 6.00. The topological polar surface area (TPSA) is 46.9 Å². The summed E-state index contributed by atoms with van der Waals surface area (Å²) < 4.78 is 75.5. The number of amides is 1. The van der Waals surface area contributed by atoms with Crippen LogP contribution in [0.2, 0.25) is 0 Å². The van der Waals surface area contributed by atoms with Gasteiger partial charge < -0.3 is 5.32 Å². The van der Waals surface area contributed by atoms with E-state index in [0.29, 0.717) is 0 Å². The molecular weight excluding hydrogens is 372 g/mol. The van der Waals surface area contributed by atoms with Crippen LogP contribution in [0.1, 0.15) is 11.3 Å². The molecule has 136 valence electrons. The molecule has 4 nitrogen and oxygen atoms in total. The Morgan fingerprint density at radius 3 is 2.40 bits per heavy atom. The highest BCUT2D eigenvalue weighted by atomic mass is 32.2. The Bertz CT molecular complexity index is 741. The van der Waals surface area contributed by atoms with E-state index < -0.39 is 29.8 Å². The molecule has 1 aromatic carbocycles. The lowest BCUT2D eigenvalue weighted by Crippen LogP contribution is -2.27. The zero-order chi connectivity index (χ0) is 18.7. The van der Waals surface area contributed by atoms with Gasteiger partial charge in [-0.15, -0.1) is 0 Å². The number of aromatic nitrogens is 2. The maximum atomic E-state index is 12.5. The fourth-order valence-electron chi connectivity index (χ4n) is 1.87. The molecule has 2 aromatic rings. The third-order valence-electron chi connectivity index (χ3n) is 2.91. The van der Waals surface area contributed by atoms with Gasteiger partial charge in [-0.3, -0.25) is 9.48 Å². The van der Waals surface area contributed by atoms with Crippen molar-refractivity contribution in [2.75, 3.05) is 0 Å². The van der Waals surface area contributed by atoms with E-state index in [9.17, 15) is 31.1 Å². The van der Waals surface area contributed by atoms with Gasteiger partial charge in [0.05, 0.1) is 0 Å². The van der Waals surface area contributed by atoms with E-state index in [0.717, 1.165) is 16.9 Å². The number of hydrogen-bond donors (Lipinski definition) is 1. The van der Waals surface area contributed by atoms with Gasteiger partial charge >= 0.3 is 11.7 Å². The van der Waals surface area contributed by atoms with E-state index in [1.807, 2.05) is 0 Å². The van der Waals surface area contributed by atoms with Gasteiger partial charge in [0.25, 0.3) is 0 Å². The molecule has 0 bridgehead atoms. The second-order valence-electron chi connectivity index (χ2n) is 4.83. The molecule has 0 saturated heterocycles. The van der Waals surface area contributed by atoms with Gasteiger partial charge in [-0.05, 0) is 29.5 Å². The Labute approximate surface area is 142 Å². The van der Waals surface area contributed by atoms with Gasteiger partial charge in [-0.25, -0.2) is 0 Å². The van der Waals surface area contributed by atoms with Crippen molar-refractivity contribution in [1.82, 2.24) is 15.1 Å². The van der Waals surface area contributed by atoms with Crippen molar-refractivity contribution < 1.29 is 31.1 Å². The first-order valence-electron chi connectivity index (χ1n) is 6.75. The molecule has 0 unspecified atom stereocenters. The fourth-order valence-corrected chi connectivity index (χ4v) is 2.54. The summed E-state index contributed by atoms with van der Waals surface area (Å²) in [5.41, 5.74) is -5.36. The molecule has 11 heteroatoms. The number of carbonyl (C=O) groups excluding carboxylic acids is 1. The van der Waals surface area contributed by atoms with Crippen LogP contribution in [0.3, 0.4) is 0 Å². The number of nitrogens with zero attached hydrogens (tertiary/aromatic N) is 2. The van der Waals surface area contributed by atoms with E-state index in [1.54, 1.807) is 0 Å². The van der Waals surface area contributed by atoms with Gasteiger partial charge in [-0.2, -0.15) is 31.4 Å². The maximum absolute atomic E-state index is 12.5. The number of alkyl halides is 6. The Hall–Kier alpha value is -2.17. The van der Waals surface area contributed by atoms with Crippen molar-refractivity contribution in [3.05, 3.63) is 47.8 Å². The minimum atomic E-state index is -4.62. The molecule has 1 amide bonds. The van der Waals surface area contributed by atoms with Crippen molar-refractivity contribution in [3.63, 3.8) is 0 Å². The lowest BCUT2D eigenvalue weighted by molar-refractivity contribution is -0.141. The number of hydrogen-bond acceptors (Lipinski definition) is 3. The highest BCUT2D eigenvalue weighted by molar-refractivity contribution is 8.00. The Morgan fingerprint density at radius 2 is 1.80 bits per heavy atom. The van der Waals surface area contributed by atoms with E-state index in [2.05, 4.69) is 10.4 Å². The molecule has 0 fully saturated rings. The Balaban J connectivity index is 1.95. The summed E-state index contributed by atoms with van der Waals surface area (Å²) in [7, 11) is 0. The minimum Gasteiger partial charge on any atom is -0.350 e. The smallest absolute Gasteiger partial charge is 0.350 e. The van der Waals surface area contributed by atoms with Gasteiger partial charge in [-0.1, -0.05) is 18.2 Å². The number of halogens is 6. The molecule has 25 heavy (non-hydrogen) atoms. The molecule has 1 N–H and O–H groups in total. The predicted molar refractivity (Wildman–Crippen MR) is 77.4 cm³/mol. The van der Waals surface area contributed by atoms with Crippen molar-refractivity contribution in [1.29, 1.82) is 0 Å². The monoisotopic (exact) mass is 383 g/mol. The number of rotatable bonds is 5. The summed E-state index contributed by atoms with van der Waals surface area (Å²) in [5.74, 6) is -0.677. The zero-order valence-corrected chi connectivity index (χ0v) is 13.2. The standard InChI is InChI=1S/C14H11F6N3OS/c15-13(16,17)11-5-6-23(22-11)8-12(24)21-7-9-3-1-2-4-10(9)25-14(18,19)20/h1-6H,7-8H2,(H,21,24). The van der Waals surface area contributed by atoms with Crippen LogP contribution in [0, 0.1) is 0 Å². The van der Waals surface area contributed by atoms with Crippen LogP contribution < -0.4 is 5.32 Å². The molecule has 0 radical (unpaired) electrons. The molecule has 1 aromatic heterocycles. The molecular formula is C14H11F6N3OS. The lowest BCUT2D eigenvalue weighted by atomic mass is 10.2. The average Bonchev–Trinajstić information content (AvgIpc) is 2.93. The van der Waals surface area contributed by atoms with Crippen LogP contribution in [0.25, 0.3) is 0 Å². The SMILES string of the molecule is O=C(Cn1ccc(C(F)(F)F)n1)NCc1ccccc1SC(F)(F)F. The largest absolute Gasteiger partial charge is 0.446 e. The number of carbonyl (C=O) groups is 1. The lowest BCUT2D eigenvalue weighted by Gasteiger charge is -2.12. The zero-order valence-electron chi connectivity index (χ0n) is 12.4. The summed E-state index contributed by atoms with van der Waals surface area (Å²) in [6, 6.07) is 6.36. The molecule has 0 aliphatic heterocycles. The molecule has 0 saturated carbocycles. The number of benzene rings is 1. The molecule has 0 atom stereocenters. The van der Waals surface area contributed by atoms with Crippen molar-refractivity contribution in [3.8, 4) is 0 Å². The summed E-state index contributed by atoms with van der Waals surface area (Å²) in [6.07, 6.45) is -3.62. The van der Waals surface area contributed by atoms with Crippen LogP contribution in [-0.2, 0) is 24.1 Å². The molecule has 1 heterocycles. The third-order valence-corrected chi connectivity index (χ3v) is 3.76. The molecule has 0 aliphatic rings. The van der Waals surface area contributed by atoms with E-state index >= 15 is 0 Å². The fraction of sp³-hybridized carbons (Fsp3) is 0.286. The highest BCUT2D eigenvalue weighted by Gasteiger charge is 2.33. The average molecular weight is 383 g/mol. The first kappa shape index (κ1) is 19.2. The first-order chi connectivity index (χ1) is 11.5. The van der Waals surface area contributed by atoms with Gasteiger partial charge in [0.1, 0.15) is 6.54 Å². The summed E-state index contributed by atoms with van der Waals surface area (Å²) >= 11 is -0.305. The van der Waals surface area contributed by atoms with Crippen molar-refractivity contribution >= 4 is 17.7 Å². The highest BCUT2D eigenvalue weighted by Crippen LogP contribution is 2.38. The van der Waals surface area contributed by atoms with Crippen LogP contribution in [-0.4, -0.2) is 21.2 Å². The van der Waals surface area contributed by atoms with Crippen LogP contribution in [0.4, 0.5) is 26.3 Å². The normalized spacial score (nSPS) is 12.2. The Kier molecular flexibility index (Phi) is 5.65. The minimum absolute atomic E-state index is 0.0613. The van der Waals surface area contributed by atoms with Crippen molar-refractivity contribution in [2.24, 2.45) is 0 Å². The first-order valence-corrected chi connectivity index (χ1v) is 7.57. The molecule has 2 rings (SSSR count). The second kappa shape index (κ2) is 7.38. The van der Waals surface area contributed by atoms with Crippen LogP contribution >= 0.6 is 11.8 Å². The quantitative estimate of drug-likeness (QED) is 0.631. The molecule has 0 aliphatic carbocycles. The van der Waals surface area contributed by atoms with Crippen LogP contribution in [0.15, 0.2) is 41.4 Å². The van der Waals surface area contributed by atoms with Gasteiger partial charge in [0.2, 0.25) is 5.91 Å². The van der Waals surface area contributed by atoms with E-state index in [4.69, 9.17) is 0 Å². The predicted octanol–water partition coefficient (Wildman–Crippen LogP) is 3.83. The maximum Gasteiger partial charge on any atom is 0.446 e. The number of nitrogens with one attached hydrogen (secondary N) is 1. The number of thioether (sulfide) groups is 1. The van der Waals surface area contributed by atoms with Crippen LogP contribution in [0.5, 0.6) is 0 Å². The van der Waals surface area contributed by atoms with E-state index in [1.165, 1.54) is 24.3 Å². The van der Waals surface area contributed by atoms with Gasteiger partial charge in [0.15, 0.2) is 5.69 Å². The second-order valence-corrected chi connectivity index (χ2v) is 5.94. The van der Waals surface area contributed by atoms with Crippen molar-refractivity contribution in [2.45, 2.75) is 29.7 Å². The summed E-state index contributed by atoms with van der Waals surface area (Å²) in [4.78, 5) is 11.7. The molecule has 0 spiro atoms. The van der Waals surface area contributed by atoms with Gasteiger partial charge in [0, 0.05) is 17.6 Å². The Morgan fingerprint density at radius 1 is 1.12 bits per heavy atom.